The van der Waals surface area contributed by atoms with Crippen LogP contribution in [0.4, 0.5) is 0 Å². The van der Waals surface area contributed by atoms with Gasteiger partial charge in [-0.25, -0.2) is 0 Å². The molecule has 0 spiro atoms. The average molecular weight is 254 g/mol. The van der Waals surface area contributed by atoms with Gasteiger partial charge < -0.3 is 20.4 Å². The molecule has 0 amide bonds. The number of benzene rings is 1. The number of aryl methyl sites for hydroxylation is 1. The zero-order chi connectivity index (χ0) is 13.5. The summed E-state index contributed by atoms with van der Waals surface area (Å²) in [5, 5.41) is 36.5. The van der Waals surface area contributed by atoms with E-state index in [1.807, 2.05) is 0 Å². The van der Waals surface area contributed by atoms with Gasteiger partial charge in [0.15, 0.2) is 0 Å². The van der Waals surface area contributed by atoms with Crippen LogP contribution < -0.4 is 0 Å². The van der Waals surface area contributed by atoms with E-state index in [0.717, 1.165) is 12.0 Å². The number of aliphatic hydroxyl groups excluding tert-OH is 3. The molecule has 1 aromatic rings. The molecular formula is C13H18O5. The second-order valence-electron chi connectivity index (χ2n) is 4.18. The SMILES string of the molecule is O=C(O)CC(O)C(O)c1ccc(CCCO)cc1. The minimum Gasteiger partial charge on any atom is -0.481 e. The van der Waals surface area contributed by atoms with Crippen LogP contribution in [0.15, 0.2) is 24.3 Å². The molecule has 1 aromatic carbocycles. The molecule has 5 nitrogen and oxygen atoms in total. The molecule has 2 unspecified atom stereocenters. The molecule has 0 aromatic heterocycles. The lowest BCUT2D eigenvalue weighted by Gasteiger charge is -2.16. The van der Waals surface area contributed by atoms with Gasteiger partial charge in [-0.05, 0) is 24.0 Å². The first-order chi connectivity index (χ1) is 8.54. The topological polar surface area (TPSA) is 98.0 Å². The first-order valence-electron chi connectivity index (χ1n) is 5.82. The standard InChI is InChI=1S/C13H18O5/c14-7-1-2-9-3-5-10(6-4-9)13(18)11(15)8-12(16)17/h3-6,11,13-15,18H,1-2,7-8H2,(H,16,17). The normalized spacial score (nSPS) is 14.2. The molecule has 0 heterocycles. The number of carboxylic acids is 1. The Morgan fingerprint density at radius 1 is 1.17 bits per heavy atom. The fourth-order valence-electron chi connectivity index (χ4n) is 1.68. The summed E-state index contributed by atoms with van der Waals surface area (Å²) in [5.41, 5.74) is 1.50. The van der Waals surface area contributed by atoms with E-state index in [2.05, 4.69) is 0 Å². The Balaban J connectivity index is 2.63. The summed E-state index contributed by atoms with van der Waals surface area (Å²) < 4.78 is 0. The molecule has 0 aliphatic heterocycles. The van der Waals surface area contributed by atoms with Crippen LogP contribution in [0, 0.1) is 0 Å². The predicted molar refractivity (Wildman–Crippen MR) is 65.1 cm³/mol. The van der Waals surface area contributed by atoms with Crippen LogP contribution in [0.25, 0.3) is 0 Å². The van der Waals surface area contributed by atoms with Crippen molar-refractivity contribution in [2.24, 2.45) is 0 Å². The van der Waals surface area contributed by atoms with Gasteiger partial charge in [0.05, 0.1) is 12.5 Å². The van der Waals surface area contributed by atoms with Gasteiger partial charge in [-0.1, -0.05) is 24.3 Å². The third-order valence-corrected chi connectivity index (χ3v) is 2.69. The Morgan fingerprint density at radius 2 is 1.78 bits per heavy atom. The van der Waals surface area contributed by atoms with Crippen molar-refractivity contribution in [3.63, 3.8) is 0 Å². The van der Waals surface area contributed by atoms with E-state index in [9.17, 15) is 15.0 Å². The highest BCUT2D eigenvalue weighted by Crippen LogP contribution is 2.19. The molecule has 2 atom stereocenters. The van der Waals surface area contributed by atoms with Crippen molar-refractivity contribution in [3.05, 3.63) is 35.4 Å². The van der Waals surface area contributed by atoms with Gasteiger partial charge in [-0.3, -0.25) is 4.79 Å². The molecule has 5 heteroatoms. The third kappa shape index (κ3) is 4.44. The number of aliphatic carboxylic acids is 1. The zero-order valence-corrected chi connectivity index (χ0v) is 9.99. The van der Waals surface area contributed by atoms with Gasteiger partial charge in [-0.2, -0.15) is 0 Å². The maximum absolute atomic E-state index is 10.4. The molecule has 0 saturated carbocycles. The summed E-state index contributed by atoms with van der Waals surface area (Å²) in [6, 6.07) is 6.90. The van der Waals surface area contributed by atoms with Crippen molar-refractivity contribution in [2.75, 3.05) is 6.61 Å². The Kier molecular flexibility index (Phi) is 5.77. The summed E-state index contributed by atoms with van der Waals surface area (Å²) in [6.45, 7) is 0.127. The molecule has 1 rings (SSSR count). The Hall–Kier alpha value is -1.43. The lowest BCUT2D eigenvalue weighted by atomic mass is 10.00. The minimum atomic E-state index is -1.31. The van der Waals surface area contributed by atoms with Crippen molar-refractivity contribution in [2.45, 2.75) is 31.5 Å². The maximum Gasteiger partial charge on any atom is 0.306 e. The molecule has 0 aliphatic rings. The van der Waals surface area contributed by atoms with Crippen LogP contribution in [0.5, 0.6) is 0 Å². The van der Waals surface area contributed by atoms with E-state index in [1.165, 1.54) is 0 Å². The molecule has 0 saturated heterocycles. The number of carbonyl (C=O) groups is 1. The zero-order valence-electron chi connectivity index (χ0n) is 9.99. The minimum absolute atomic E-state index is 0.127. The first kappa shape index (κ1) is 14.6. The van der Waals surface area contributed by atoms with Crippen molar-refractivity contribution in [1.29, 1.82) is 0 Å². The van der Waals surface area contributed by atoms with Crippen LogP contribution in [-0.2, 0) is 11.2 Å². The highest BCUT2D eigenvalue weighted by Gasteiger charge is 2.20. The van der Waals surface area contributed by atoms with E-state index in [1.54, 1.807) is 24.3 Å². The van der Waals surface area contributed by atoms with Gasteiger partial charge in [0.1, 0.15) is 6.10 Å². The van der Waals surface area contributed by atoms with E-state index in [4.69, 9.17) is 10.2 Å². The molecule has 18 heavy (non-hydrogen) atoms. The number of carboxylic acid groups (broad SMARTS) is 1. The molecule has 0 radical (unpaired) electrons. The summed E-state index contributed by atoms with van der Waals surface area (Å²) >= 11 is 0. The van der Waals surface area contributed by atoms with Gasteiger partial charge in [0.2, 0.25) is 0 Å². The molecule has 0 bridgehead atoms. The van der Waals surface area contributed by atoms with Gasteiger partial charge in [0, 0.05) is 6.61 Å². The van der Waals surface area contributed by atoms with Crippen molar-refractivity contribution >= 4 is 5.97 Å². The Morgan fingerprint density at radius 3 is 2.28 bits per heavy atom. The molecule has 0 fully saturated rings. The molecule has 0 aliphatic carbocycles. The summed E-state index contributed by atoms with van der Waals surface area (Å²) in [5.74, 6) is -1.15. The average Bonchev–Trinajstić information content (AvgIpc) is 2.35. The highest BCUT2D eigenvalue weighted by molar-refractivity contribution is 5.67. The molecule has 100 valence electrons. The lowest BCUT2D eigenvalue weighted by molar-refractivity contribution is -0.141. The van der Waals surface area contributed by atoms with E-state index in [-0.39, 0.29) is 6.61 Å². The van der Waals surface area contributed by atoms with Gasteiger partial charge in [0.25, 0.3) is 0 Å². The summed E-state index contributed by atoms with van der Waals surface area (Å²) in [4.78, 5) is 10.4. The van der Waals surface area contributed by atoms with E-state index in [0.29, 0.717) is 12.0 Å². The smallest absolute Gasteiger partial charge is 0.306 e. The Labute approximate surface area is 105 Å². The molecule has 4 N–H and O–H groups in total. The van der Waals surface area contributed by atoms with Crippen LogP contribution in [0.2, 0.25) is 0 Å². The number of aliphatic hydroxyl groups is 3. The second kappa shape index (κ2) is 7.10. The number of hydrogen-bond donors (Lipinski definition) is 4. The largest absolute Gasteiger partial charge is 0.481 e. The van der Waals surface area contributed by atoms with Crippen molar-refractivity contribution in [1.82, 2.24) is 0 Å². The predicted octanol–water partition coefficient (Wildman–Crippen LogP) is 0.481. The van der Waals surface area contributed by atoms with E-state index >= 15 is 0 Å². The van der Waals surface area contributed by atoms with Crippen molar-refractivity contribution in [3.8, 4) is 0 Å². The monoisotopic (exact) mass is 254 g/mol. The van der Waals surface area contributed by atoms with Gasteiger partial charge in [-0.15, -0.1) is 0 Å². The number of hydrogen-bond acceptors (Lipinski definition) is 4. The van der Waals surface area contributed by atoms with Gasteiger partial charge >= 0.3 is 5.97 Å². The van der Waals surface area contributed by atoms with Crippen LogP contribution >= 0.6 is 0 Å². The van der Waals surface area contributed by atoms with Crippen molar-refractivity contribution < 1.29 is 25.2 Å². The lowest BCUT2D eigenvalue weighted by Crippen LogP contribution is -2.21. The first-order valence-corrected chi connectivity index (χ1v) is 5.82. The molecular weight excluding hydrogens is 236 g/mol. The fraction of sp³-hybridized carbons (Fsp3) is 0.462. The van der Waals surface area contributed by atoms with E-state index < -0.39 is 24.6 Å². The van der Waals surface area contributed by atoms with Crippen LogP contribution in [0.1, 0.15) is 30.1 Å². The maximum atomic E-state index is 10.4. The van der Waals surface area contributed by atoms with Crippen LogP contribution in [-0.4, -0.2) is 39.1 Å². The quantitative estimate of drug-likeness (QED) is 0.567. The van der Waals surface area contributed by atoms with Crippen LogP contribution in [0.3, 0.4) is 0 Å². The summed E-state index contributed by atoms with van der Waals surface area (Å²) in [7, 11) is 0. The summed E-state index contributed by atoms with van der Waals surface area (Å²) in [6.07, 6.45) is -1.60. The number of rotatable bonds is 7. The fourth-order valence-corrected chi connectivity index (χ4v) is 1.68. The highest BCUT2D eigenvalue weighted by atomic mass is 16.4. The second-order valence-corrected chi connectivity index (χ2v) is 4.18. The Bertz CT molecular complexity index is 373. The third-order valence-electron chi connectivity index (χ3n) is 2.69.